The van der Waals surface area contributed by atoms with Crippen LogP contribution in [-0.4, -0.2) is 0 Å². The molecule has 0 aliphatic rings. The third-order valence-electron chi connectivity index (χ3n) is 3.21. The standard InChI is InChI=1S/C15H30/c1-4-7-10-11-14-15(12-8-5-2)13-9-6-3/h5,15H,2,4,6-14H2,1,3H3. The summed E-state index contributed by atoms with van der Waals surface area (Å²) in [4.78, 5) is 0. The second kappa shape index (κ2) is 11.8. The number of unbranched alkanes of at least 4 members (excludes halogenated alkanes) is 4. The number of hydrogen-bond donors (Lipinski definition) is 0. The van der Waals surface area contributed by atoms with Crippen LogP contribution in [0.15, 0.2) is 12.7 Å². The Morgan fingerprint density at radius 1 is 0.867 bits per heavy atom. The summed E-state index contributed by atoms with van der Waals surface area (Å²) in [5.41, 5.74) is 0. The molecule has 0 heterocycles. The third-order valence-corrected chi connectivity index (χ3v) is 3.21. The molecule has 0 bridgehead atoms. The number of hydrogen-bond acceptors (Lipinski definition) is 0. The van der Waals surface area contributed by atoms with Gasteiger partial charge in [-0.25, -0.2) is 0 Å². The van der Waals surface area contributed by atoms with Crippen molar-refractivity contribution in [2.45, 2.75) is 78.1 Å². The monoisotopic (exact) mass is 210 g/mol. The van der Waals surface area contributed by atoms with Crippen LogP contribution in [0.3, 0.4) is 0 Å². The molecule has 0 amide bonds. The first kappa shape index (κ1) is 14.7. The molecule has 0 saturated heterocycles. The molecule has 0 saturated carbocycles. The van der Waals surface area contributed by atoms with Crippen LogP contribution in [0.2, 0.25) is 0 Å². The molecule has 90 valence electrons. The van der Waals surface area contributed by atoms with Gasteiger partial charge >= 0.3 is 0 Å². The maximum Gasteiger partial charge on any atom is -0.0351 e. The van der Waals surface area contributed by atoms with Crippen molar-refractivity contribution in [3.05, 3.63) is 12.7 Å². The summed E-state index contributed by atoms with van der Waals surface area (Å²) < 4.78 is 0. The lowest BCUT2D eigenvalue weighted by molar-refractivity contribution is 0.390. The molecule has 1 unspecified atom stereocenters. The Labute approximate surface area is 97.2 Å². The summed E-state index contributed by atoms with van der Waals surface area (Å²) in [5.74, 6) is 0.972. The van der Waals surface area contributed by atoms with Gasteiger partial charge in [-0.1, -0.05) is 71.3 Å². The highest BCUT2D eigenvalue weighted by Crippen LogP contribution is 2.22. The summed E-state index contributed by atoms with van der Waals surface area (Å²) in [6.07, 6.45) is 16.0. The predicted octanol–water partition coefficient (Wildman–Crippen LogP) is 5.73. The summed E-state index contributed by atoms with van der Waals surface area (Å²) in [7, 11) is 0. The zero-order valence-corrected chi connectivity index (χ0v) is 10.9. The molecular formula is C15H30. The van der Waals surface area contributed by atoms with E-state index < -0.39 is 0 Å². The van der Waals surface area contributed by atoms with E-state index in [0.717, 1.165) is 5.92 Å². The molecule has 0 rings (SSSR count). The first-order valence-electron chi connectivity index (χ1n) is 6.96. The highest BCUT2D eigenvalue weighted by molar-refractivity contribution is 4.70. The zero-order chi connectivity index (χ0) is 11.4. The maximum absolute atomic E-state index is 3.82. The summed E-state index contributed by atoms with van der Waals surface area (Å²) in [6.45, 7) is 8.40. The normalized spacial score (nSPS) is 12.7. The van der Waals surface area contributed by atoms with Crippen molar-refractivity contribution < 1.29 is 0 Å². The van der Waals surface area contributed by atoms with Gasteiger partial charge in [-0.15, -0.1) is 6.58 Å². The van der Waals surface area contributed by atoms with Crippen LogP contribution in [0.1, 0.15) is 78.1 Å². The van der Waals surface area contributed by atoms with Crippen LogP contribution in [-0.2, 0) is 0 Å². The summed E-state index contributed by atoms with van der Waals surface area (Å²) in [5, 5.41) is 0. The molecule has 15 heavy (non-hydrogen) atoms. The Kier molecular flexibility index (Phi) is 11.6. The van der Waals surface area contributed by atoms with Crippen LogP contribution < -0.4 is 0 Å². The molecule has 1 atom stereocenters. The van der Waals surface area contributed by atoms with E-state index in [9.17, 15) is 0 Å². The number of allylic oxidation sites excluding steroid dienone is 1. The minimum Gasteiger partial charge on any atom is -0.103 e. The van der Waals surface area contributed by atoms with E-state index in [1.54, 1.807) is 0 Å². The maximum atomic E-state index is 3.82. The molecule has 0 aliphatic heterocycles. The highest BCUT2D eigenvalue weighted by atomic mass is 14.1. The van der Waals surface area contributed by atoms with E-state index in [4.69, 9.17) is 0 Å². The molecule has 0 radical (unpaired) electrons. The van der Waals surface area contributed by atoms with E-state index >= 15 is 0 Å². The second-order valence-electron chi connectivity index (χ2n) is 4.72. The van der Waals surface area contributed by atoms with E-state index in [0.29, 0.717) is 0 Å². The van der Waals surface area contributed by atoms with Crippen molar-refractivity contribution in [2.75, 3.05) is 0 Å². The summed E-state index contributed by atoms with van der Waals surface area (Å²) in [6, 6.07) is 0. The van der Waals surface area contributed by atoms with Gasteiger partial charge in [0.25, 0.3) is 0 Å². The molecular weight excluding hydrogens is 180 g/mol. The molecule has 0 nitrogen and oxygen atoms in total. The zero-order valence-electron chi connectivity index (χ0n) is 10.9. The smallest absolute Gasteiger partial charge is 0.0351 e. The topological polar surface area (TPSA) is 0 Å². The van der Waals surface area contributed by atoms with Crippen molar-refractivity contribution in [3.63, 3.8) is 0 Å². The van der Waals surface area contributed by atoms with Gasteiger partial charge < -0.3 is 0 Å². The van der Waals surface area contributed by atoms with Gasteiger partial charge in [-0.05, 0) is 18.8 Å². The number of rotatable bonds is 11. The van der Waals surface area contributed by atoms with Crippen LogP contribution in [0.25, 0.3) is 0 Å². The largest absolute Gasteiger partial charge is 0.103 e. The molecule has 0 spiro atoms. The van der Waals surface area contributed by atoms with Crippen LogP contribution in [0.4, 0.5) is 0 Å². The van der Waals surface area contributed by atoms with Crippen molar-refractivity contribution >= 4 is 0 Å². The average Bonchev–Trinajstić information content (AvgIpc) is 2.27. The SMILES string of the molecule is C=CCCC(CCCC)CCCCCC. The fourth-order valence-electron chi connectivity index (χ4n) is 2.14. The fourth-order valence-corrected chi connectivity index (χ4v) is 2.14. The Morgan fingerprint density at radius 3 is 2.13 bits per heavy atom. The molecule has 0 fully saturated rings. The molecule has 0 aromatic heterocycles. The lowest BCUT2D eigenvalue weighted by atomic mass is 9.91. The second-order valence-corrected chi connectivity index (χ2v) is 4.72. The van der Waals surface area contributed by atoms with Gasteiger partial charge in [0, 0.05) is 0 Å². The van der Waals surface area contributed by atoms with Crippen LogP contribution in [0, 0.1) is 5.92 Å². The first-order valence-corrected chi connectivity index (χ1v) is 6.96. The first-order chi connectivity index (χ1) is 7.35. The lowest BCUT2D eigenvalue weighted by Crippen LogP contribution is -2.00. The summed E-state index contributed by atoms with van der Waals surface area (Å²) >= 11 is 0. The molecule has 0 heteroatoms. The van der Waals surface area contributed by atoms with Crippen LogP contribution >= 0.6 is 0 Å². The Bertz CT molecular complexity index is 126. The molecule has 0 aromatic carbocycles. The Morgan fingerprint density at radius 2 is 1.53 bits per heavy atom. The van der Waals surface area contributed by atoms with Gasteiger partial charge in [0.05, 0.1) is 0 Å². The Hall–Kier alpha value is -0.260. The molecule has 0 aromatic rings. The Balaban J connectivity index is 3.53. The quantitative estimate of drug-likeness (QED) is 0.302. The molecule has 0 aliphatic carbocycles. The van der Waals surface area contributed by atoms with E-state index in [2.05, 4.69) is 26.5 Å². The van der Waals surface area contributed by atoms with E-state index in [1.165, 1.54) is 64.2 Å². The van der Waals surface area contributed by atoms with Gasteiger partial charge in [0.1, 0.15) is 0 Å². The fraction of sp³-hybridized carbons (Fsp3) is 0.867. The lowest BCUT2D eigenvalue weighted by Gasteiger charge is -2.15. The van der Waals surface area contributed by atoms with Crippen molar-refractivity contribution in [1.29, 1.82) is 0 Å². The van der Waals surface area contributed by atoms with Crippen molar-refractivity contribution in [1.82, 2.24) is 0 Å². The van der Waals surface area contributed by atoms with Crippen molar-refractivity contribution in [3.8, 4) is 0 Å². The van der Waals surface area contributed by atoms with Gasteiger partial charge in [0.2, 0.25) is 0 Å². The average molecular weight is 210 g/mol. The van der Waals surface area contributed by atoms with Crippen molar-refractivity contribution in [2.24, 2.45) is 5.92 Å². The van der Waals surface area contributed by atoms with E-state index in [-0.39, 0.29) is 0 Å². The molecule has 0 N–H and O–H groups in total. The highest BCUT2D eigenvalue weighted by Gasteiger charge is 2.06. The third kappa shape index (κ3) is 10.0. The predicted molar refractivity (Wildman–Crippen MR) is 71.2 cm³/mol. The van der Waals surface area contributed by atoms with Gasteiger partial charge in [-0.2, -0.15) is 0 Å². The minimum absolute atomic E-state index is 0.972. The van der Waals surface area contributed by atoms with Gasteiger partial charge in [-0.3, -0.25) is 0 Å². The van der Waals surface area contributed by atoms with E-state index in [1.807, 2.05) is 0 Å². The van der Waals surface area contributed by atoms with Crippen LogP contribution in [0.5, 0.6) is 0 Å². The minimum atomic E-state index is 0.972. The van der Waals surface area contributed by atoms with Gasteiger partial charge in [0.15, 0.2) is 0 Å².